The summed E-state index contributed by atoms with van der Waals surface area (Å²) >= 11 is 0. The highest BCUT2D eigenvalue weighted by atomic mass is 16.5. The average Bonchev–Trinajstić information content (AvgIpc) is 2.75. The predicted molar refractivity (Wildman–Crippen MR) is 52.1 cm³/mol. The van der Waals surface area contributed by atoms with Gasteiger partial charge in [-0.25, -0.2) is 0 Å². The number of ether oxygens (including phenoxy) is 2. The fourth-order valence-corrected chi connectivity index (χ4v) is 2.25. The predicted octanol–water partition coefficient (Wildman–Crippen LogP) is 1.41. The standard InChI is InChI=1S/C11H18O3/c1-8-2-5-14-11(8)10(12)6-9-3-4-13-7-9/h8-9,11H,2-7H2,1H3. The normalized spacial score (nSPS) is 37.6. The number of hydrogen-bond acceptors (Lipinski definition) is 3. The minimum absolute atomic E-state index is 0.129. The molecule has 2 saturated heterocycles. The van der Waals surface area contributed by atoms with Gasteiger partial charge in [-0.1, -0.05) is 6.92 Å². The van der Waals surface area contributed by atoms with Crippen molar-refractivity contribution in [2.75, 3.05) is 19.8 Å². The molecule has 0 bridgehead atoms. The van der Waals surface area contributed by atoms with Crippen LogP contribution in [-0.4, -0.2) is 31.7 Å². The molecule has 0 saturated carbocycles. The highest BCUT2D eigenvalue weighted by Crippen LogP contribution is 2.25. The van der Waals surface area contributed by atoms with Crippen LogP contribution < -0.4 is 0 Å². The maximum absolute atomic E-state index is 11.8. The molecule has 0 amide bonds. The molecule has 0 aromatic rings. The molecule has 3 atom stereocenters. The van der Waals surface area contributed by atoms with E-state index < -0.39 is 0 Å². The van der Waals surface area contributed by atoms with Gasteiger partial charge in [0.25, 0.3) is 0 Å². The van der Waals surface area contributed by atoms with Crippen LogP contribution in [0.1, 0.15) is 26.2 Å². The molecular formula is C11H18O3. The van der Waals surface area contributed by atoms with Crippen LogP contribution in [0.3, 0.4) is 0 Å². The Morgan fingerprint density at radius 3 is 2.79 bits per heavy atom. The van der Waals surface area contributed by atoms with Crippen molar-refractivity contribution in [3.63, 3.8) is 0 Å². The lowest BCUT2D eigenvalue weighted by atomic mass is 9.93. The van der Waals surface area contributed by atoms with Crippen molar-refractivity contribution in [1.82, 2.24) is 0 Å². The van der Waals surface area contributed by atoms with Gasteiger partial charge in [-0.05, 0) is 24.7 Å². The highest BCUT2D eigenvalue weighted by Gasteiger charge is 2.32. The lowest BCUT2D eigenvalue weighted by Gasteiger charge is -2.15. The van der Waals surface area contributed by atoms with E-state index in [2.05, 4.69) is 6.92 Å². The van der Waals surface area contributed by atoms with Crippen LogP contribution in [0.15, 0.2) is 0 Å². The molecule has 0 radical (unpaired) electrons. The Labute approximate surface area is 84.8 Å². The molecule has 2 heterocycles. The smallest absolute Gasteiger partial charge is 0.162 e. The number of Topliss-reactive ketones (excluding diaryl/α,β-unsaturated/α-hetero) is 1. The first-order valence-corrected chi connectivity index (χ1v) is 5.49. The largest absolute Gasteiger partial charge is 0.381 e. The van der Waals surface area contributed by atoms with Gasteiger partial charge >= 0.3 is 0 Å². The Morgan fingerprint density at radius 2 is 2.21 bits per heavy atom. The molecule has 3 heteroatoms. The Kier molecular flexibility index (Phi) is 3.19. The summed E-state index contributed by atoms with van der Waals surface area (Å²) in [6.07, 6.45) is 2.58. The third kappa shape index (κ3) is 2.15. The molecule has 0 aromatic carbocycles. The van der Waals surface area contributed by atoms with E-state index in [-0.39, 0.29) is 11.9 Å². The number of ketones is 1. The molecule has 3 unspecified atom stereocenters. The van der Waals surface area contributed by atoms with Gasteiger partial charge in [-0.2, -0.15) is 0 Å². The minimum Gasteiger partial charge on any atom is -0.381 e. The maximum Gasteiger partial charge on any atom is 0.162 e. The van der Waals surface area contributed by atoms with E-state index in [4.69, 9.17) is 9.47 Å². The van der Waals surface area contributed by atoms with Crippen molar-refractivity contribution in [1.29, 1.82) is 0 Å². The number of hydrogen-bond donors (Lipinski definition) is 0. The van der Waals surface area contributed by atoms with Crippen LogP contribution in [0.25, 0.3) is 0 Å². The molecular weight excluding hydrogens is 180 g/mol. The van der Waals surface area contributed by atoms with Gasteiger partial charge in [0.05, 0.1) is 0 Å². The van der Waals surface area contributed by atoms with E-state index in [1.165, 1.54) is 0 Å². The Morgan fingerprint density at radius 1 is 1.36 bits per heavy atom. The molecule has 2 aliphatic rings. The number of carbonyl (C=O) groups is 1. The summed E-state index contributed by atoms with van der Waals surface area (Å²) in [4.78, 5) is 11.8. The quantitative estimate of drug-likeness (QED) is 0.687. The zero-order chi connectivity index (χ0) is 9.97. The fraction of sp³-hybridized carbons (Fsp3) is 0.909. The zero-order valence-corrected chi connectivity index (χ0v) is 8.70. The molecule has 2 rings (SSSR count). The average molecular weight is 198 g/mol. The summed E-state index contributed by atoms with van der Waals surface area (Å²) in [6.45, 7) is 4.42. The Balaban J connectivity index is 1.82. The first-order valence-electron chi connectivity index (χ1n) is 5.49. The second kappa shape index (κ2) is 4.41. The van der Waals surface area contributed by atoms with Crippen LogP contribution in [0, 0.1) is 11.8 Å². The molecule has 3 nitrogen and oxygen atoms in total. The summed E-state index contributed by atoms with van der Waals surface area (Å²) in [6, 6.07) is 0. The van der Waals surface area contributed by atoms with Crippen molar-refractivity contribution in [3.05, 3.63) is 0 Å². The Bertz CT molecular complexity index is 209. The van der Waals surface area contributed by atoms with Crippen LogP contribution in [0.5, 0.6) is 0 Å². The molecule has 2 aliphatic heterocycles. The first kappa shape index (κ1) is 10.1. The molecule has 2 fully saturated rings. The summed E-state index contributed by atoms with van der Waals surface area (Å²) in [7, 11) is 0. The van der Waals surface area contributed by atoms with E-state index in [0.29, 0.717) is 18.3 Å². The molecule has 0 N–H and O–H groups in total. The van der Waals surface area contributed by atoms with Crippen molar-refractivity contribution in [3.8, 4) is 0 Å². The van der Waals surface area contributed by atoms with Crippen LogP contribution in [-0.2, 0) is 14.3 Å². The van der Waals surface area contributed by atoms with Crippen molar-refractivity contribution >= 4 is 5.78 Å². The van der Waals surface area contributed by atoms with Gasteiger partial charge in [0.1, 0.15) is 6.10 Å². The minimum atomic E-state index is -0.129. The third-order valence-corrected chi connectivity index (χ3v) is 3.22. The molecule has 0 aliphatic carbocycles. The van der Waals surface area contributed by atoms with Crippen LogP contribution >= 0.6 is 0 Å². The fourth-order valence-electron chi connectivity index (χ4n) is 2.25. The number of carbonyl (C=O) groups excluding carboxylic acids is 1. The van der Waals surface area contributed by atoms with E-state index in [0.717, 1.165) is 32.7 Å². The second-order valence-electron chi connectivity index (χ2n) is 4.46. The summed E-state index contributed by atoms with van der Waals surface area (Å²) in [5.74, 6) is 1.13. The number of rotatable bonds is 3. The van der Waals surface area contributed by atoms with Gasteiger partial charge in [0.15, 0.2) is 5.78 Å². The van der Waals surface area contributed by atoms with E-state index in [9.17, 15) is 4.79 Å². The maximum atomic E-state index is 11.8. The molecule has 80 valence electrons. The van der Waals surface area contributed by atoms with Crippen molar-refractivity contribution in [2.45, 2.75) is 32.3 Å². The van der Waals surface area contributed by atoms with Gasteiger partial charge in [-0.3, -0.25) is 4.79 Å². The molecule has 14 heavy (non-hydrogen) atoms. The second-order valence-corrected chi connectivity index (χ2v) is 4.46. The lowest BCUT2D eigenvalue weighted by Crippen LogP contribution is -2.27. The topological polar surface area (TPSA) is 35.5 Å². The van der Waals surface area contributed by atoms with E-state index >= 15 is 0 Å². The Hall–Kier alpha value is -0.410. The van der Waals surface area contributed by atoms with Crippen LogP contribution in [0.2, 0.25) is 0 Å². The zero-order valence-electron chi connectivity index (χ0n) is 8.70. The summed E-state index contributed by atoms with van der Waals surface area (Å²) < 4.78 is 10.7. The monoisotopic (exact) mass is 198 g/mol. The van der Waals surface area contributed by atoms with Crippen molar-refractivity contribution < 1.29 is 14.3 Å². The van der Waals surface area contributed by atoms with Crippen molar-refractivity contribution in [2.24, 2.45) is 11.8 Å². The third-order valence-electron chi connectivity index (χ3n) is 3.22. The van der Waals surface area contributed by atoms with Gasteiger partial charge in [0, 0.05) is 26.2 Å². The van der Waals surface area contributed by atoms with Gasteiger partial charge in [-0.15, -0.1) is 0 Å². The summed E-state index contributed by atoms with van der Waals surface area (Å²) in [5, 5.41) is 0. The van der Waals surface area contributed by atoms with E-state index in [1.807, 2.05) is 0 Å². The van der Waals surface area contributed by atoms with Crippen LogP contribution in [0.4, 0.5) is 0 Å². The first-order chi connectivity index (χ1) is 6.77. The highest BCUT2D eigenvalue weighted by molar-refractivity contribution is 5.83. The van der Waals surface area contributed by atoms with E-state index in [1.54, 1.807) is 0 Å². The summed E-state index contributed by atoms with van der Waals surface area (Å²) in [5.41, 5.74) is 0. The molecule has 0 aromatic heterocycles. The van der Waals surface area contributed by atoms with Gasteiger partial charge < -0.3 is 9.47 Å². The lowest BCUT2D eigenvalue weighted by molar-refractivity contribution is -0.130. The molecule has 0 spiro atoms. The van der Waals surface area contributed by atoms with Gasteiger partial charge in [0.2, 0.25) is 0 Å². The SMILES string of the molecule is CC1CCOC1C(=O)CC1CCOC1.